The molecule has 0 N–H and O–H groups in total. The lowest BCUT2D eigenvalue weighted by molar-refractivity contribution is -0.157. The number of allylic oxidation sites excluding steroid dienone is 2. The van der Waals surface area contributed by atoms with Gasteiger partial charge in [-0.15, -0.1) is 0 Å². The van der Waals surface area contributed by atoms with E-state index in [-0.39, 0.29) is 11.4 Å². The largest absolute Gasteiger partial charge is 0.469 e. The Hall–Kier alpha value is -0.790. The summed E-state index contributed by atoms with van der Waals surface area (Å²) in [7, 11) is 1.54. The summed E-state index contributed by atoms with van der Waals surface area (Å²) < 4.78 is 5.06. The lowest BCUT2D eigenvalue weighted by Crippen LogP contribution is -2.42. The van der Waals surface area contributed by atoms with E-state index in [9.17, 15) is 4.79 Å². The van der Waals surface area contributed by atoms with Gasteiger partial charge in [-0.05, 0) is 61.7 Å². The van der Waals surface area contributed by atoms with Crippen LogP contribution in [0.4, 0.5) is 0 Å². The van der Waals surface area contributed by atoms with Crippen LogP contribution in [0.1, 0.15) is 26.2 Å². The molecule has 0 saturated heterocycles. The maximum Gasteiger partial charge on any atom is 0.311 e. The van der Waals surface area contributed by atoms with Crippen LogP contribution < -0.4 is 0 Å². The van der Waals surface area contributed by atoms with Crippen LogP contribution in [0.5, 0.6) is 0 Å². The van der Waals surface area contributed by atoms with Crippen LogP contribution in [0, 0.1) is 40.9 Å². The van der Waals surface area contributed by atoms with Crippen molar-refractivity contribution in [1.82, 2.24) is 0 Å². The van der Waals surface area contributed by atoms with Crippen molar-refractivity contribution in [3.05, 3.63) is 12.2 Å². The minimum Gasteiger partial charge on any atom is -0.469 e. The SMILES string of the molecule is COC(=O)C1(C)CC2CC1C1C3C=CC(C3)C21. The van der Waals surface area contributed by atoms with E-state index >= 15 is 0 Å². The highest BCUT2D eigenvalue weighted by Gasteiger charge is 2.66. The molecule has 4 rings (SSSR count). The Morgan fingerprint density at radius 2 is 1.94 bits per heavy atom. The Morgan fingerprint density at radius 3 is 2.65 bits per heavy atom. The minimum atomic E-state index is -0.182. The Kier molecular flexibility index (Phi) is 1.77. The summed E-state index contributed by atoms with van der Waals surface area (Å²) in [5.74, 6) is 4.70. The second kappa shape index (κ2) is 2.96. The molecule has 17 heavy (non-hydrogen) atoms. The molecule has 7 atom stereocenters. The summed E-state index contributed by atoms with van der Waals surface area (Å²) in [5, 5.41) is 0. The van der Waals surface area contributed by atoms with Gasteiger partial charge in [0, 0.05) is 0 Å². The highest BCUT2D eigenvalue weighted by Crippen LogP contribution is 2.70. The predicted octanol–water partition coefficient (Wildman–Crippen LogP) is 2.64. The zero-order valence-electron chi connectivity index (χ0n) is 10.6. The summed E-state index contributed by atoms with van der Waals surface area (Å²) in [6.45, 7) is 2.15. The first kappa shape index (κ1) is 10.2. The van der Waals surface area contributed by atoms with Gasteiger partial charge in [0.1, 0.15) is 0 Å². The van der Waals surface area contributed by atoms with Gasteiger partial charge in [-0.2, -0.15) is 0 Å². The summed E-state index contributed by atoms with van der Waals surface area (Å²) in [6, 6.07) is 0. The molecular formula is C15H20O2. The monoisotopic (exact) mass is 232 g/mol. The zero-order chi connectivity index (χ0) is 11.8. The normalized spacial score (nSPS) is 57.5. The van der Waals surface area contributed by atoms with Gasteiger partial charge in [0.05, 0.1) is 12.5 Å². The molecule has 0 aromatic carbocycles. The second-order valence-electron chi connectivity index (χ2n) is 6.82. The number of rotatable bonds is 1. The van der Waals surface area contributed by atoms with Crippen molar-refractivity contribution >= 4 is 5.97 Å². The highest BCUT2D eigenvalue weighted by atomic mass is 16.5. The molecule has 0 heterocycles. The standard InChI is InChI=1S/C15H20O2/c1-15(14(16)17-2)7-10-6-11(15)13-9-4-3-8(5-9)12(10)13/h3-4,8-13H,5-7H2,1-2H3. The van der Waals surface area contributed by atoms with E-state index in [0.29, 0.717) is 5.92 Å². The van der Waals surface area contributed by atoms with Crippen LogP contribution >= 0.6 is 0 Å². The van der Waals surface area contributed by atoms with Gasteiger partial charge in [0.25, 0.3) is 0 Å². The maximum absolute atomic E-state index is 12.1. The average Bonchev–Trinajstić information content (AvgIpc) is 3.03. The maximum atomic E-state index is 12.1. The minimum absolute atomic E-state index is 0.0372. The number of hydrogen-bond donors (Lipinski definition) is 0. The van der Waals surface area contributed by atoms with Crippen molar-refractivity contribution in [2.75, 3.05) is 7.11 Å². The highest BCUT2D eigenvalue weighted by molar-refractivity contribution is 5.77. The number of ether oxygens (including phenoxy) is 1. The van der Waals surface area contributed by atoms with Crippen LogP contribution in [0.25, 0.3) is 0 Å². The number of esters is 1. The van der Waals surface area contributed by atoms with Gasteiger partial charge in [0.15, 0.2) is 0 Å². The Bertz CT molecular complexity index is 413. The van der Waals surface area contributed by atoms with E-state index in [0.717, 1.165) is 36.0 Å². The molecule has 0 aromatic rings. The zero-order valence-corrected chi connectivity index (χ0v) is 10.6. The summed E-state index contributed by atoms with van der Waals surface area (Å²) in [6.07, 6.45) is 8.57. The molecule has 4 aliphatic rings. The fourth-order valence-electron chi connectivity index (χ4n) is 5.84. The predicted molar refractivity (Wildman–Crippen MR) is 64.1 cm³/mol. The van der Waals surface area contributed by atoms with E-state index in [2.05, 4.69) is 19.1 Å². The molecule has 0 aliphatic heterocycles. The number of methoxy groups -OCH3 is 1. The van der Waals surface area contributed by atoms with E-state index in [1.807, 2.05) is 0 Å². The molecule has 3 fully saturated rings. The van der Waals surface area contributed by atoms with Crippen LogP contribution in [0.3, 0.4) is 0 Å². The lowest BCUT2D eigenvalue weighted by Gasteiger charge is -2.41. The molecule has 4 bridgehead atoms. The number of carbonyl (C=O) groups is 1. The number of hydrogen-bond acceptors (Lipinski definition) is 2. The molecule has 7 unspecified atom stereocenters. The lowest BCUT2D eigenvalue weighted by atomic mass is 9.63. The summed E-state index contributed by atoms with van der Waals surface area (Å²) in [4.78, 5) is 12.1. The smallest absolute Gasteiger partial charge is 0.311 e. The average molecular weight is 232 g/mol. The van der Waals surface area contributed by atoms with E-state index in [1.165, 1.54) is 20.0 Å². The van der Waals surface area contributed by atoms with Crippen molar-refractivity contribution in [2.24, 2.45) is 40.9 Å². The first-order valence-electron chi connectivity index (χ1n) is 6.92. The van der Waals surface area contributed by atoms with Crippen molar-refractivity contribution in [3.8, 4) is 0 Å². The van der Waals surface area contributed by atoms with Crippen LogP contribution in [0.2, 0.25) is 0 Å². The van der Waals surface area contributed by atoms with Gasteiger partial charge in [0.2, 0.25) is 0 Å². The first-order chi connectivity index (χ1) is 8.15. The Balaban J connectivity index is 1.71. The van der Waals surface area contributed by atoms with Crippen molar-refractivity contribution in [1.29, 1.82) is 0 Å². The van der Waals surface area contributed by atoms with Gasteiger partial charge < -0.3 is 4.74 Å². The van der Waals surface area contributed by atoms with Gasteiger partial charge in [-0.3, -0.25) is 4.79 Å². The van der Waals surface area contributed by atoms with E-state index < -0.39 is 0 Å². The van der Waals surface area contributed by atoms with Crippen LogP contribution in [-0.2, 0) is 9.53 Å². The van der Waals surface area contributed by atoms with Crippen molar-refractivity contribution < 1.29 is 9.53 Å². The fourth-order valence-corrected chi connectivity index (χ4v) is 5.84. The molecule has 92 valence electrons. The summed E-state index contributed by atoms with van der Waals surface area (Å²) >= 11 is 0. The molecule has 0 aromatic heterocycles. The van der Waals surface area contributed by atoms with Gasteiger partial charge in [-0.1, -0.05) is 12.2 Å². The Morgan fingerprint density at radius 1 is 1.24 bits per heavy atom. The van der Waals surface area contributed by atoms with Gasteiger partial charge in [-0.25, -0.2) is 0 Å². The molecule has 2 nitrogen and oxygen atoms in total. The second-order valence-corrected chi connectivity index (χ2v) is 6.82. The molecule has 0 amide bonds. The molecular weight excluding hydrogens is 212 g/mol. The number of fused-ring (bicyclic) bond motifs is 9. The van der Waals surface area contributed by atoms with Crippen LogP contribution in [0.15, 0.2) is 12.2 Å². The molecule has 4 aliphatic carbocycles. The topological polar surface area (TPSA) is 26.3 Å². The van der Waals surface area contributed by atoms with E-state index in [4.69, 9.17) is 4.74 Å². The molecule has 0 spiro atoms. The number of carbonyl (C=O) groups excluding carboxylic acids is 1. The van der Waals surface area contributed by atoms with Gasteiger partial charge >= 0.3 is 5.97 Å². The van der Waals surface area contributed by atoms with Crippen molar-refractivity contribution in [3.63, 3.8) is 0 Å². The molecule has 3 saturated carbocycles. The Labute approximate surface area is 102 Å². The molecule has 0 radical (unpaired) electrons. The summed E-state index contributed by atoms with van der Waals surface area (Å²) in [5.41, 5.74) is -0.182. The molecule has 2 heteroatoms. The van der Waals surface area contributed by atoms with Crippen LogP contribution in [-0.4, -0.2) is 13.1 Å². The third-order valence-electron chi connectivity index (χ3n) is 6.30. The van der Waals surface area contributed by atoms with E-state index in [1.54, 1.807) is 0 Å². The third-order valence-corrected chi connectivity index (χ3v) is 6.30. The van der Waals surface area contributed by atoms with Crippen molar-refractivity contribution in [2.45, 2.75) is 26.2 Å². The quantitative estimate of drug-likeness (QED) is 0.395. The first-order valence-corrected chi connectivity index (χ1v) is 6.92. The third kappa shape index (κ3) is 1.01. The fraction of sp³-hybridized carbons (Fsp3) is 0.800.